The molecule has 110 valence electrons. The maximum Gasteiger partial charge on any atom is 0.488 e. The van der Waals surface area contributed by atoms with E-state index in [9.17, 15) is 0 Å². The normalized spacial score (nSPS) is 10.4. The van der Waals surface area contributed by atoms with E-state index in [0.717, 1.165) is 17.3 Å². The van der Waals surface area contributed by atoms with E-state index < -0.39 is 7.12 Å². The standard InChI is InChI=1S/C16H19BO3S/c1-13-4-2-3-5-14(13)12-21-11-10-20-16-8-6-15(7-9-16)17(18)19/h2-9,18-19H,10-12H2,1H3. The predicted molar refractivity (Wildman–Crippen MR) is 89.1 cm³/mol. The lowest BCUT2D eigenvalue weighted by atomic mass is 9.80. The Morgan fingerprint density at radius 3 is 2.43 bits per heavy atom. The second kappa shape index (κ2) is 8.12. The Bertz CT molecular complexity index is 558. The number of benzene rings is 2. The lowest BCUT2D eigenvalue weighted by Gasteiger charge is -2.08. The van der Waals surface area contributed by atoms with Crippen molar-refractivity contribution < 1.29 is 14.8 Å². The quantitative estimate of drug-likeness (QED) is 0.606. The van der Waals surface area contributed by atoms with Crippen LogP contribution in [0.1, 0.15) is 11.1 Å². The molecule has 0 fully saturated rings. The van der Waals surface area contributed by atoms with Gasteiger partial charge in [-0.25, -0.2) is 0 Å². The zero-order valence-corrected chi connectivity index (χ0v) is 12.8. The van der Waals surface area contributed by atoms with E-state index in [-0.39, 0.29) is 0 Å². The van der Waals surface area contributed by atoms with E-state index in [1.165, 1.54) is 11.1 Å². The first-order valence-electron chi connectivity index (χ1n) is 6.88. The number of ether oxygens (including phenoxy) is 1. The Kier molecular flexibility index (Phi) is 6.17. The van der Waals surface area contributed by atoms with E-state index in [2.05, 4.69) is 31.2 Å². The minimum Gasteiger partial charge on any atom is -0.493 e. The van der Waals surface area contributed by atoms with Gasteiger partial charge >= 0.3 is 7.12 Å². The summed E-state index contributed by atoms with van der Waals surface area (Å²) in [5.74, 6) is 2.65. The smallest absolute Gasteiger partial charge is 0.488 e. The van der Waals surface area contributed by atoms with Crippen molar-refractivity contribution in [2.45, 2.75) is 12.7 Å². The van der Waals surface area contributed by atoms with Crippen LogP contribution in [0, 0.1) is 6.92 Å². The van der Waals surface area contributed by atoms with E-state index in [4.69, 9.17) is 14.8 Å². The molecule has 2 aromatic carbocycles. The summed E-state index contributed by atoms with van der Waals surface area (Å²) in [6.07, 6.45) is 0. The van der Waals surface area contributed by atoms with Crippen molar-refractivity contribution in [1.29, 1.82) is 0 Å². The second-order valence-electron chi connectivity index (χ2n) is 4.77. The first-order valence-corrected chi connectivity index (χ1v) is 8.03. The van der Waals surface area contributed by atoms with Gasteiger partial charge in [-0.1, -0.05) is 36.4 Å². The van der Waals surface area contributed by atoms with Crippen LogP contribution in [0.25, 0.3) is 0 Å². The van der Waals surface area contributed by atoms with E-state index in [0.29, 0.717) is 12.1 Å². The lowest BCUT2D eigenvalue weighted by molar-refractivity contribution is 0.344. The molecule has 0 saturated carbocycles. The topological polar surface area (TPSA) is 49.7 Å². The van der Waals surface area contributed by atoms with Crippen LogP contribution < -0.4 is 10.2 Å². The van der Waals surface area contributed by atoms with Crippen LogP contribution in [-0.4, -0.2) is 29.5 Å². The summed E-state index contributed by atoms with van der Waals surface area (Å²) in [7, 11) is -1.43. The van der Waals surface area contributed by atoms with Crippen LogP contribution in [0.2, 0.25) is 0 Å². The summed E-state index contributed by atoms with van der Waals surface area (Å²) in [6, 6.07) is 15.2. The fourth-order valence-electron chi connectivity index (χ4n) is 1.91. The highest BCUT2D eigenvalue weighted by Gasteiger charge is 2.09. The Morgan fingerprint density at radius 2 is 1.76 bits per heavy atom. The number of aryl methyl sites for hydroxylation is 1. The molecule has 0 spiro atoms. The molecule has 0 unspecified atom stereocenters. The SMILES string of the molecule is Cc1ccccc1CSCCOc1ccc(B(O)O)cc1. The molecule has 0 aromatic heterocycles. The number of hydrogen-bond donors (Lipinski definition) is 2. The first-order chi connectivity index (χ1) is 10.2. The summed E-state index contributed by atoms with van der Waals surface area (Å²) in [4.78, 5) is 0. The Morgan fingerprint density at radius 1 is 1.05 bits per heavy atom. The lowest BCUT2D eigenvalue weighted by Crippen LogP contribution is -2.29. The molecule has 5 heteroatoms. The van der Waals surface area contributed by atoms with Crippen LogP contribution in [0.5, 0.6) is 5.75 Å². The predicted octanol–water partition coefficient (Wildman–Crippen LogP) is 1.99. The summed E-state index contributed by atoms with van der Waals surface area (Å²) >= 11 is 1.84. The molecule has 0 saturated heterocycles. The summed E-state index contributed by atoms with van der Waals surface area (Å²) < 4.78 is 5.62. The van der Waals surface area contributed by atoms with Gasteiger partial charge in [-0.2, -0.15) is 11.8 Å². The van der Waals surface area contributed by atoms with Crippen LogP contribution >= 0.6 is 11.8 Å². The molecule has 21 heavy (non-hydrogen) atoms. The van der Waals surface area contributed by atoms with Crippen LogP contribution in [0.4, 0.5) is 0 Å². The molecule has 2 aromatic rings. The molecule has 2 N–H and O–H groups in total. The van der Waals surface area contributed by atoms with E-state index in [1.54, 1.807) is 24.3 Å². The second-order valence-corrected chi connectivity index (χ2v) is 5.88. The highest BCUT2D eigenvalue weighted by Crippen LogP contribution is 2.16. The molecular weight excluding hydrogens is 283 g/mol. The van der Waals surface area contributed by atoms with Crippen LogP contribution in [0.3, 0.4) is 0 Å². The fourth-order valence-corrected chi connectivity index (χ4v) is 2.80. The van der Waals surface area contributed by atoms with Crippen molar-refractivity contribution in [3.8, 4) is 5.75 Å². The molecule has 0 aliphatic heterocycles. The molecule has 0 atom stereocenters. The van der Waals surface area contributed by atoms with Crippen molar-refractivity contribution in [1.82, 2.24) is 0 Å². The van der Waals surface area contributed by atoms with Gasteiger partial charge in [-0.05, 0) is 35.6 Å². The van der Waals surface area contributed by atoms with Gasteiger partial charge in [0.1, 0.15) is 5.75 Å². The molecule has 0 amide bonds. The van der Waals surface area contributed by atoms with Crippen molar-refractivity contribution in [2.24, 2.45) is 0 Å². The van der Waals surface area contributed by atoms with E-state index >= 15 is 0 Å². The molecular formula is C16H19BO3S. The Balaban J connectivity index is 1.69. The van der Waals surface area contributed by atoms with Gasteiger partial charge in [0.25, 0.3) is 0 Å². The zero-order chi connectivity index (χ0) is 15.1. The zero-order valence-electron chi connectivity index (χ0n) is 12.0. The number of thioether (sulfide) groups is 1. The van der Waals surface area contributed by atoms with E-state index in [1.807, 2.05) is 11.8 Å². The molecule has 0 radical (unpaired) electrons. The first kappa shape index (κ1) is 16.0. The third kappa shape index (κ3) is 5.12. The molecule has 3 nitrogen and oxygen atoms in total. The third-order valence-corrected chi connectivity index (χ3v) is 4.16. The molecule has 0 bridgehead atoms. The van der Waals surface area contributed by atoms with Gasteiger partial charge < -0.3 is 14.8 Å². The Labute approximate surface area is 130 Å². The highest BCUT2D eigenvalue weighted by molar-refractivity contribution is 7.98. The number of rotatable bonds is 7. The molecule has 0 heterocycles. The summed E-state index contributed by atoms with van der Waals surface area (Å²) in [5.41, 5.74) is 3.16. The van der Waals surface area contributed by atoms with Gasteiger partial charge in [0.2, 0.25) is 0 Å². The van der Waals surface area contributed by atoms with Crippen molar-refractivity contribution >= 4 is 24.3 Å². The summed E-state index contributed by atoms with van der Waals surface area (Å²) in [6.45, 7) is 2.76. The van der Waals surface area contributed by atoms with Crippen LogP contribution in [0.15, 0.2) is 48.5 Å². The average molecular weight is 302 g/mol. The minimum atomic E-state index is -1.43. The Hall–Kier alpha value is -1.43. The number of hydrogen-bond acceptors (Lipinski definition) is 4. The van der Waals surface area contributed by atoms with Gasteiger partial charge in [0.05, 0.1) is 6.61 Å². The third-order valence-electron chi connectivity index (χ3n) is 3.19. The largest absolute Gasteiger partial charge is 0.493 e. The fraction of sp³-hybridized carbons (Fsp3) is 0.250. The average Bonchev–Trinajstić information content (AvgIpc) is 2.49. The van der Waals surface area contributed by atoms with Gasteiger partial charge in [-0.3, -0.25) is 0 Å². The van der Waals surface area contributed by atoms with Crippen molar-refractivity contribution in [3.63, 3.8) is 0 Å². The summed E-state index contributed by atoms with van der Waals surface area (Å²) in [5, 5.41) is 18.0. The molecule has 0 aliphatic carbocycles. The maximum atomic E-state index is 9.00. The van der Waals surface area contributed by atoms with Gasteiger partial charge in [-0.15, -0.1) is 0 Å². The minimum absolute atomic E-state index is 0.469. The maximum absolute atomic E-state index is 9.00. The van der Waals surface area contributed by atoms with Gasteiger partial charge in [0.15, 0.2) is 0 Å². The van der Waals surface area contributed by atoms with Crippen molar-refractivity contribution in [2.75, 3.05) is 12.4 Å². The molecule has 2 rings (SSSR count). The highest BCUT2D eigenvalue weighted by atomic mass is 32.2. The van der Waals surface area contributed by atoms with Gasteiger partial charge in [0, 0.05) is 11.5 Å². The monoisotopic (exact) mass is 302 g/mol. The van der Waals surface area contributed by atoms with Crippen LogP contribution in [-0.2, 0) is 5.75 Å². The molecule has 0 aliphatic rings. The van der Waals surface area contributed by atoms with Crippen molar-refractivity contribution in [3.05, 3.63) is 59.7 Å².